The summed E-state index contributed by atoms with van der Waals surface area (Å²) in [7, 11) is 0. The van der Waals surface area contributed by atoms with Gasteiger partial charge in [0.15, 0.2) is 0 Å². The molecule has 0 aliphatic heterocycles. The van der Waals surface area contributed by atoms with Gasteiger partial charge in [0.05, 0.1) is 6.10 Å². The number of aryl methyl sites for hydroxylation is 1. The van der Waals surface area contributed by atoms with Gasteiger partial charge in [-0.1, -0.05) is 6.07 Å². The molecular formula is C15H25N3O. The standard InChI is InChI=1S/C15H25N3O/c1-12-3-8-15(18-11-12)17-9-2-10-19-14-6-4-13(16)5-7-14/h3,8,11,13-14H,2,4-7,9-10,16H2,1H3,(H,17,18). The van der Waals surface area contributed by atoms with Crippen LogP contribution in [0.2, 0.25) is 0 Å². The maximum atomic E-state index is 5.88. The molecule has 19 heavy (non-hydrogen) atoms. The van der Waals surface area contributed by atoms with Crippen LogP contribution < -0.4 is 11.1 Å². The van der Waals surface area contributed by atoms with Crippen LogP contribution in [0.15, 0.2) is 18.3 Å². The van der Waals surface area contributed by atoms with E-state index < -0.39 is 0 Å². The minimum Gasteiger partial charge on any atom is -0.378 e. The molecule has 106 valence electrons. The minimum absolute atomic E-state index is 0.397. The quantitative estimate of drug-likeness (QED) is 0.774. The van der Waals surface area contributed by atoms with E-state index in [0.717, 1.165) is 51.1 Å². The van der Waals surface area contributed by atoms with E-state index in [1.807, 2.05) is 19.2 Å². The van der Waals surface area contributed by atoms with Crippen molar-refractivity contribution < 1.29 is 4.74 Å². The highest BCUT2D eigenvalue weighted by Crippen LogP contribution is 2.19. The van der Waals surface area contributed by atoms with Crippen LogP contribution in [0.3, 0.4) is 0 Å². The second-order valence-electron chi connectivity index (χ2n) is 5.41. The second-order valence-corrected chi connectivity index (χ2v) is 5.41. The number of hydrogen-bond acceptors (Lipinski definition) is 4. The van der Waals surface area contributed by atoms with E-state index in [4.69, 9.17) is 10.5 Å². The summed E-state index contributed by atoms with van der Waals surface area (Å²) in [6.07, 6.45) is 7.77. The lowest BCUT2D eigenvalue weighted by molar-refractivity contribution is 0.0251. The SMILES string of the molecule is Cc1ccc(NCCCOC2CCC(N)CC2)nc1. The molecule has 0 bridgehead atoms. The van der Waals surface area contributed by atoms with Gasteiger partial charge in [0.1, 0.15) is 5.82 Å². The monoisotopic (exact) mass is 263 g/mol. The summed E-state index contributed by atoms with van der Waals surface area (Å²) in [4.78, 5) is 4.31. The van der Waals surface area contributed by atoms with Crippen molar-refractivity contribution in [2.75, 3.05) is 18.5 Å². The summed E-state index contributed by atoms with van der Waals surface area (Å²) >= 11 is 0. The normalized spacial score (nSPS) is 23.3. The number of aromatic nitrogens is 1. The van der Waals surface area contributed by atoms with Gasteiger partial charge in [0.25, 0.3) is 0 Å². The van der Waals surface area contributed by atoms with Crippen molar-refractivity contribution in [2.45, 2.75) is 51.2 Å². The minimum atomic E-state index is 0.397. The van der Waals surface area contributed by atoms with E-state index in [0.29, 0.717) is 12.1 Å². The van der Waals surface area contributed by atoms with Gasteiger partial charge in [0.2, 0.25) is 0 Å². The van der Waals surface area contributed by atoms with Gasteiger partial charge in [-0.25, -0.2) is 4.98 Å². The van der Waals surface area contributed by atoms with Crippen LogP contribution in [-0.4, -0.2) is 30.3 Å². The zero-order chi connectivity index (χ0) is 13.5. The van der Waals surface area contributed by atoms with Gasteiger partial charge in [-0.3, -0.25) is 0 Å². The number of anilines is 1. The Hall–Kier alpha value is -1.13. The Bertz CT molecular complexity index is 358. The molecular weight excluding hydrogens is 238 g/mol. The van der Waals surface area contributed by atoms with Crippen LogP contribution in [0.4, 0.5) is 5.82 Å². The molecule has 0 atom stereocenters. The molecule has 1 aromatic rings. The third-order valence-corrected chi connectivity index (χ3v) is 3.61. The highest BCUT2D eigenvalue weighted by molar-refractivity contribution is 5.34. The number of rotatable bonds is 6. The third kappa shape index (κ3) is 5.17. The molecule has 3 N–H and O–H groups in total. The average Bonchev–Trinajstić information content (AvgIpc) is 2.43. The molecule has 0 unspecified atom stereocenters. The molecule has 1 saturated carbocycles. The first-order valence-electron chi connectivity index (χ1n) is 7.28. The summed E-state index contributed by atoms with van der Waals surface area (Å²) in [6, 6.07) is 4.48. The number of ether oxygens (including phenoxy) is 1. The lowest BCUT2D eigenvalue weighted by Crippen LogP contribution is -2.30. The van der Waals surface area contributed by atoms with E-state index in [1.54, 1.807) is 0 Å². The van der Waals surface area contributed by atoms with Gasteiger partial charge >= 0.3 is 0 Å². The van der Waals surface area contributed by atoms with E-state index in [1.165, 1.54) is 5.56 Å². The molecule has 0 aromatic carbocycles. The van der Waals surface area contributed by atoms with Gasteiger partial charge in [0, 0.05) is 25.4 Å². The summed E-state index contributed by atoms with van der Waals surface area (Å²) in [5.41, 5.74) is 7.06. The van der Waals surface area contributed by atoms with Crippen molar-refractivity contribution in [3.63, 3.8) is 0 Å². The Morgan fingerprint density at radius 1 is 1.32 bits per heavy atom. The maximum Gasteiger partial charge on any atom is 0.125 e. The molecule has 1 aliphatic rings. The summed E-state index contributed by atoms with van der Waals surface area (Å²) in [6.45, 7) is 3.77. The summed E-state index contributed by atoms with van der Waals surface area (Å²) in [5, 5.41) is 3.31. The van der Waals surface area contributed by atoms with E-state index in [-0.39, 0.29) is 0 Å². The van der Waals surface area contributed by atoms with Crippen molar-refractivity contribution in [1.82, 2.24) is 4.98 Å². The fourth-order valence-corrected chi connectivity index (χ4v) is 2.37. The van der Waals surface area contributed by atoms with Gasteiger partial charge < -0.3 is 15.8 Å². The summed E-state index contributed by atoms with van der Waals surface area (Å²) < 4.78 is 5.87. The largest absolute Gasteiger partial charge is 0.378 e. The molecule has 4 nitrogen and oxygen atoms in total. The lowest BCUT2D eigenvalue weighted by Gasteiger charge is -2.26. The molecule has 2 rings (SSSR count). The Labute approximate surface area is 115 Å². The second kappa shape index (κ2) is 7.46. The average molecular weight is 263 g/mol. The lowest BCUT2D eigenvalue weighted by atomic mass is 9.94. The number of hydrogen-bond donors (Lipinski definition) is 2. The topological polar surface area (TPSA) is 60.2 Å². The van der Waals surface area contributed by atoms with Crippen LogP contribution in [0, 0.1) is 6.92 Å². The van der Waals surface area contributed by atoms with Crippen molar-refractivity contribution in [3.8, 4) is 0 Å². The maximum absolute atomic E-state index is 5.88. The van der Waals surface area contributed by atoms with E-state index in [9.17, 15) is 0 Å². The number of nitrogens with one attached hydrogen (secondary N) is 1. The van der Waals surface area contributed by atoms with Gasteiger partial charge in [-0.15, -0.1) is 0 Å². The molecule has 0 amide bonds. The Kier molecular flexibility index (Phi) is 5.61. The first kappa shape index (κ1) is 14.3. The molecule has 1 aromatic heterocycles. The Balaban J connectivity index is 1.53. The molecule has 1 fully saturated rings. The smallest absolute Gasteiger partial charge is 0.125 e. The van der Waals surface area contributed by atoms with E-state index in [2.05, 4.69) is 16.4 Å². The Morgan fingerprint density at radius 3 is 2.79 bits per heavy atom. The molecule has 1 heterocycles. The molecule has 0 saturated heterocycles. The van der Waals surface area contributed by atoms with E-state index >= 15 is 0 Å². The summed E-state index contributed by atoms with van der Waals surface area (Å²) in [5.74, 6) is 0.939. The highest BCUT2D eigenvalue weighted by atomic mass is 16.5. The molecule has 1 aliphatic carbocycles. The highest BCUT2D eigenvalue weighted by Gasteiger charge is 2.18. The zero-order valence-corrected chi connectivity index (χ0v) is 11.8. The third-order valence-electron chi connectivity index (χ3n) is 3.61. The number of nitrogens with two attached hydrogens (primary N) is 1. The number of pyridine rings is 1. The van der Waals surface area contributed by atoms with Crippen LogP contribution in [0.25, 0.3) is 0 Å². The fourth-order valence-electron chi connectivity index (χ4n) is 2.37. The number of nitrogens with zero attached hydrogens (tertiary/aromatic N) is 1. The van der Waals surface area contributed by atoms with Crippen LogP contribution in [-0.2, 0) is 4.74 Å². The Morgan fingerprint density at radius 2 is 2.11 bits per heavy atom. The van der Waals surface area contributed by atoms with Crippen LogP contribution >= 0.6 is 0 Å². The van der Waals surface area contributed by atoms with Gasteiger partial charge in [-0.05, 0) is 50.7 Å². The first-order valence-corrected chi connectivity index (χ1v) is 7.28. The first-order chi connectivity index (χ1) is 9.24. The fraction of sp³-hybridized carbons (Fsp3) is 0.667. The molecule has 0 spiro atoms. The van der Waals surface area contributed by atoms with Crippen molar-refractivity contribution in [2.24, 2.45) is 5.73 Å². The predicted octanol–water partition coefficient (Wildman–Crippen LogP) is 2.48. The van der Waals surface area contributed by atoms with Crippen molar-refractivity contribution in [1.29, 1.82) is 0 Å². The van der Waals surface area contributed by atoms with Crippen molar-refractivity contribution in [3.05, 3.63) is 23.9 Å². The zero-order valence-electron chi connectivity index (χ0n) is 11.8. The molecule has 4 heteroatoms. The van der Waals surface area contributed by atoms with Crippen LogP contribution in [0.5, 0.6) is 0 Å². The van der Waals surface area contributed by atoms with Crippen LogP contribution in [0.1, 0.15) is 37.7 Å². The van der Waals surface area contributed by atoms with Gasteiger partial charge in [-0.2, -0.15) is 0 Å². The predicted molar refractivity (Wildman–Crippen MR) is 78.3 cm³/mol. The van der Waals surface area contributed by atoms with Crippen molar-refractivity contribution >= 4 is 5.82 Å². The molecule has 0 radical (unpaired) electrons.